The number of hydrogen-bond acceptors (Lipinski definition) is 4. The van der Waals surface area contributed by atoms with Crippen LogP contribution in [0.4, 0.5) is 0 Å². The monoisotopic (exact) mass is 434 g/mol. The van der Waals surface area contributed by atoms with E-state index in [4.69, 9.17) is 9.47 Å². The highest BCUT2D eigenvalue weighted by atomic mass is 16.5. The molecule has 168 valence electrons. The molecule has 6 heteroatoms. The third kappa shape index (κ3) is 5.58. The quantitative estimate of drug-likeness (QED) is 0.511. The molecule has 0 spiro atoms. The number of nitrogens with one attached hydrogen (secondary N) is 1. The Bertz CT molecular complexity index is 1110. The number of carbonyl (C=O) groups is 1. The number of nitrogens with zero attached hydrogens (tertiary/aromatic N) is 1. The Kier molecular flexibility index (Phi) is 8.08. The van der Waals surface area contributed by atoms with Crippen molar-refractivity contribution in [2.75, 3.05) is 7.11 Å². The topological polar surface area (TPSA) is 69.6 Å². The van der Waals surface area contributed by atoms with Crippen molar-refractivity contribution in [1.82, 2.24) is 9.88 Å². The van der Waals surface area contributed by atoms with E-state index in [0.29, 0.717) is 17.0 Å². The van der Waals surface area contributed by atoms with Gasteiger partial charge in [-0.15, -0.1) is 0 Å². The summed E-state index contributed by atoms with van der Waals surface area (Å²) < 4.78 is 13.4. The fourth-order valence-corrected chi connectivity index (χ4v) is 3.59. The molecule has 0 radical (unpaired) electrons. The number of aryl methyl sites for hydroxylation is 1. The van der Waals surface area contributed by atoms with E-state index in [-0.39, 0.29) is 30.2 Å². The Labute approximate surface area is 188 Å². The zero-order valence-corrected chi connectivity index (χ0v) is 18.9. The molecule has 32 heavy (non-hydrogen) atoms. The SMILES string of the molecule is CCCCn1c(C)cc(=O)c(OCc2ccccc2)c1CNC(=O)c1ccccc1OC. The molecule has 0 saturated carbocycles. The standard InChI is InChI=1S/C26H30N2O4/c1-4-5-15-28-19(2)16-23(29)25(32-18-20-11-7-6-8-12-20)22(28)17-27-26(30)21-13-9-10-14-24(21)31-3/h6-14,16H,4-5,15,17-18H2,1-3H3,(H,27,30). The number of amides is 1. The van der Waals surface area contributed by atoms with Crippen LogP contribution in [0.25, 0.3) is 0 Å². The van der Waals surface area contributed by atoms with E-state index < -0.39 is 0 Å². The maximum atomic E-state index is 12.9. The second-order valence-corrected chi connectivity index (χ2v) is 7.59. The highest BCUT2D eigenvalue weighted by Crippen LogP contribution is 2.20. The zero-order valence-electron chi connectivity index (χ0n) is 18.9. The number of rotatable bonds is 10. The summed E-state index contributed by atoms with van der Waals surface area (Å²) in [7, 11) is 1.53. The van der Waals surface area contributed by atoms with Gasteiger partial charge in [0.1, 0.15) is 12.4 Å². The molecule has 6 nitrogen and oxygen atoms in total. The van der Waals surface area contributed by atoms with Crippen LogP contribution in [0.2, 0.25) is 0 Å². The summed E-state index contributed by atoms with van der Waals surface area (Å²) in [6.45, 7) is 5.21. The van der Waals surface area contributed by atoms with Gasteiger partial charge in [-0.3, -0.25) is 9.59 Å². The molecule has 2 aromatic carbocycles. The van der Waals surface area contributed by atoms with Gasteiger partial charge in [-0.1, -0.05) is 55.8 Å². The van der Waals surface area contributed by atoms with Crippen LogP contribution in [0.3, 0.4) is 0 Å². The second-order valence-electron chi connectivity index (χ2n) is 7.59. The van der Waals surface area contributed by atoms with Crippen LogP contribution in [0.5, 0.6) is 11.5 Å². The summed E-state index contributed by atoms with van der Waals surface area (Å²) in [4.78, 5) is 25.7. The summed E-state index contributed by atoms with van der Waals surface area (Å²) in [6.07, 6.45) is 1.97. The zero-order chi connectivity index (χ0) is 22.9. The van der Waals surface area contributed by atoms with E-state index in [2.05, 4.69) is 16.8 Å². The summed E-state index contributed by atoms with van der Waals surface area (Å²) in [5.74, 6) is 0.501. The molecule has 0 saturated heterocycles. The van der Waals surface area contributed by atoms with Crippen molar-refractivity contribution in [2.24, 2.45) is 0 Å². The van der Waals surface area contributed by atoms with Gasteiger partial charge in [0.15, 0.2) is 5.75 Å². The minimum Gasteiger partial charge on any atom is -0.496 e. The Morgan fingerprint density at radius 3 is 2.50 bits per heavy atom. The first-order valence-corrected chi connectivity index (χ1v) is 10.9. The summed E-state index contributed by atoms with van der Waals surface area (Å²) in [5.41, 5.74) is 2.74. The predicted molar refractivity (Wildman–Crippen MR) is 125 cm³/mol. The lowest BCUT2D eigenvalue weighted by Gasteiger charge is -2.21. The lowest BCUT2D eigenvalue weighted by molar-refractivity contribution is 0.0946. The van der Waals surface area contributed by atoms with Crippen LogP contribution < -0.4 is 20.2 Å². The molecular formula is C26H30N2O4. The van der Waals surface area contributed by atoms with E-state index in [1.54, 1.807) is 24.3 Å². The lowest BCUT2D eigenvalue weighted by Crippen LogP contribution is -2.28. The predicted octanol–water partition coefficient (Wildman–Crippen LogP) is 4.47. The molecule has 1 heterocycles. The van der Waals surface area contributed by atoms with Crippen LogP contribution >= 0.6 is 0 Å². The van der Waals surface area contributed by atoms with Crippen molar-refractivity contribution < 1.29 is 14.3 Å². The van der Waals surface area contributed by atoms with Crippen LogP contribution in [0.1, 0.15) is 47.1 Å². The lowest BCUT2D eigenvalue weighted by atomic mass is 10.1. The minimum atomic E-state index is -0.271. The van der Waals surface area contributed by atoms with Gasteiger partial charge in [-0.2, -0.15) is 0 Å². The molecule has 3 aromatic rings. The Hall–Kier alpha value is -3.54. The average Bonchev–Trinajstić information content (AvgIpc) is 2.82. The number of benzene rings is 2. The number of para-hydroxylation sites is 1. The Morgan fingerprint density at radius 2 is 1.78 bits per heavy atom. The molecule has 0 aliphatic heterocycles. The number of methoxy groups -OCH3 is 1. The van der Waals surface area contributed by atoms with Crippen molar-refractivity contribution >= 4 is 5.91 Å². The van der Waals surface area contributed by atoms with Crippen LogP contribution in [0.15, 0.2) is 65.5 Å². The molecule has 0 bridgehead atoms. The first kappa shape index (κ1) is 23.1. The van der Waals surface area contributed by atoms with Crippen LogP contribution in [0, 0.1) is 6.92 Å². The van der Waals surface area contributed by atoms with Gasteiger partial charge < -0.3 is 19.4 Å². The molecular weight excluding hydrogens is 404 g/mol. The highest BCUT2D eigenvalue weighted by molar-refractivity contribution is 5.96. The molecule has 0 atom stereocenters. The largest absolute Gasteiger partial charge is 0.496 e. The number of hydrogen-bond donors (Lipinski definition) is 1. The number of unbranched alkanes of at least 4 members (excludes halogenated alkanes) is 1. The smallest absolute Gasteiger partial charge is 0.255 e. The fourth-order valence-electron chi connectivity index (χ4n) is 3.59. The normalized spacial score (nSPS) is 10.6. The van der Waals surface area contributed by atoms with Crippen LogP contribution in [-0.2, 0) is 19.7 Å². The van der Waals surface area contributed by atoms with Crippen molar-refractivity contribution in [3.8, 4) is 11.5 Å². The van der Waals surface area contributed by atoms with E-state index in [0.717, 1.165) is 30.6 Å². The first-order valence-electron chi connectivity index (χ1n) is 10.9. The molecule has 0 fully saturated rings. The molecule has 0 unspecified atom stereocenters. The van der Waals surface area contributed by atoms with Gasteiger partial charge in [0.2, 0.25) is 5.43 Å². The summed E-state index contributed by atoms with van der Waals surface area (Å²) in [5, 5.41) is 2.94. The van der Waals surface area contributed by atoms with E-state index in [1.165, 1.54) is 7.11 Å². The number of ether oxygens (including phenoxy) is 2. The maximum absolute atomic E-state index is 12.9. The molecule has 0 aliphatic carbocycles. The van der Waals surface area contributed by atoms with Crippen LogP contribution in [-0.4, -0.2) is 17.6 Å². The van der Waals surface area contributed by atoms with E-state index >= 15 is 0 Å². The van der Waals surface area contributed by atoms with E-state index in [9.17, 15) is 9.59 Å². The third-order valence-corrected chi connectivity index (χ3v) is 5.31. The van der Waals surface area contributed by atoms with Gasteiger partial charge >= 0.3 is 0 Å². The third-order valence-electron chi connectivity index (χ3n) is 5.31. The number of aromatic nitrogens is 1. The van der Waals surface area contributed by atoms with E-state index in [1.807, 2.05) is 43.3 Å². The van der Waals surface area contributed by atoms with Gasteiger partial charge in [-0.05, 0) is 31.0 Å². The molecule has 3 rings (SSSR count). The Balaban J connectivity index is 1.91. The summed E-state index contributed by atoms with van der Waals surface area (Å²) >= 11 is 0. The molecule has 1 amide bonds. The molecule has 0 aliphatic rings. The highest BCUT2D eigenvalue weighted by Gasteiger charge is 2.18. The van der Waals surface area contributed by atoms with Gasteiger partial charge in [0.25, 0.3) is 5.91 Å². The second kappa shape index (κ2) is 11.2. The average molecular weight is 435 g/mol. The van der Waals surface area contributed by atoms with Gasteiger partial charge in [0, 0.05) is 18.3 Å². The first-order chi connectivity index (χ1) is 15.5. The molecule has 1 N–H and O–H groups in total. The fraction of sp³-hybridized carbons (Fsp3) is 0.308. The molecule has 1 aromatic heterocycles. The van der Waals surface area contributed by atoms with Crippen molar-refractivity contribution in [3.05, 3.63) is 93.4 Å². The van der Waals surface area contributed by atoms with Gasteiger partial charge in [0.05, 0.1) is 24.9 Å². The maximum Gasteiger partial charge on any atom is 0.255 e. The number of carbonyl (C=O) groups excluding carboxylic acids is 1. The van der Waals surface area contributed by atoms with Crippen molar-refractivity contribution in [3.63, 3.8) is 0 Å². The number of pyridine rings is 1. The van der Waals surface area contributed by atoms with Crippen molar-refractivity contribution in [2.45, 2.75) is 46.4 Å². The Morgan fingerprint density at radius 1 is 1.06 bits per heavy atom. The van der Waals surface area contributed by atoms with Crippen molar-refractivity contribution in [1.29, 1.82) is 0 Å². The minimum absolute atomic E-state index is 0.168. The summed E-state index contributed by atoms with van der Waals surface area (Å²) in [6, 6.07) is 18.4. The van der Waals surface area contributed by atoms with Gasteiger partial charge in [-0.25, -0.2) is 0 Å².